The van der Waals surface area contributed by atoms with Crippen molar-refractivity contribution in [2.75, 3.05) is 5.73 Å². The minimum atomic E-state index is -0.685. The average Bonchev–Trinajstić information content (AvgIpc) is 2.07. The van der Waals surface area contributed by atoms with E-state index in [0.29, 0.717) is 16.8 Å². The van der Waals surface area contributed by atoms with E-state index < -0.39 is 11.6 Å². The van der Waals surface area contributed by atoms with Crippen molar-refractivity contribution in [1.82, 2.24) is 4.98 Å². The van der Waals surface area contributed by atoms with Crippen molar-refractivity contribution in [3.8, 4) is 0 Å². The highest BCUT2D eigenvalue weighted by atomic mass is 19.1. The molecule has 0 unspecified atom stereocenters. The van der Waals surface area contributed by atoms with Gasteiger partial charge in [0, 0.05) is 22.8 Å². The molecule has 2 nitrogen and oxygen atoms in total. The molecule has 72 valence electrons. The molecule has 2 aromatic rings. The molecular formula is C10H8F2N2. The van der Waals surface area contributed by atoms with Gasteiger partial charge in [-0.3, -0.25) is 0 Å². The molecule has 1 heterocycles. The van der Waals surface area contributed by atoms with Crippen LogP contribution >= 0.6 is 0 Å². The zero-order chi connectivity index (χ0) is 10.3. The molecule has 0 spiro atoms. The SMILES string of the molecule is Cc1cc(N)c2cc(F)cc(F)c2n1. The molecule has 0 saturated carbocycles. The van der Waals surface area contributed by atoms with Gasteiger partial charge in [-0.25, -0.2) is 13.8 Å². The van der Waals surface area contributed by atoms with E-state index in [4.69, 9.17) is 5.73 Å². The van der Waals surface area contributed by atoms with Gasteiger partial charge in [-0.1, -0.05) is 0 Å². The molecule has 2 N–H and O–H groups in total. The number of nitrogens with zero attached hydrogens (tertiary/aromatic N) is 1. The van der Waals surface area contributed by atoms with Gasteiger partial charge in [0.25, 0.3) is 0 Å². The quantitative estimate of drug-likeness (QED) is 0.699. The van der Waals surface area contributed by atoms with Crippen LogP contribution in [0.15, 0.2) is 18.2 Å². The molecule has 1 aromatic carbocycles. The van der Waals surface area contributed by atoms with E-state index in [9.17, 15) is 8.78 Å². The van der Waals surface area contributed by atoms with Gasteiger partial charge >= 0.3 is 0 Å². The summed E-state index contributed by atoms with van der Waals surface area (Å²) in [6.45, 7) is 1.71. The Labute approximate surface area is 79.4 Å². The monoisotopic (exact) mass is 194 g/mol. The first kappa shape index (κ1) is 8.87. The molecule has 0 aliphatic rings. The second kappa shape index (κ2) is 2.90. The molecule has 2 rings (SSSR count). The van der Waals surface area contributed by atoms with Crippen LogP contribution in [0, 0.1) is 18.6 Å². The molecule has 1 aromatic heterocycles. The first-order valence-corrected chi connectivity index (χ1v) is 4.10. The smallest absolute Gasteiger partial charge is 0.152 e. The molecule has 0 atom stereocenters. The van der Waals surface area contributed by atoms with Gasteiger partial charge in [0.2, 0.25) is 0 Å². The van der Waals surface area contributed by atoms with Gasteiger partial charge in [0.15, 0.2) is 5.82 Å². The summed E-state index contributed by atoms with van der Waals surface area (Å²) in [6.07, 6.45) is 0. The number of nitrogens with two attached hydrogens (primary N) is 1. The van der Waals surface area contributed by atoms with Crippen molar-refractivity contribution in [3.05, 3.63) is 35.5 Å². The van der Waals surface area contributed by atoms with E-state index in [-0.39, 0.29) is 5.52 Å². The van der Waals surface area contributed by atoms with Crippen LogP contribution in [0.4, 0.5) is 14.5 Å². The summed E-state index contributed by atoms with van der Waals surface area (Å²) in [5, 5.41) is 0.313. The molecule has 0 fully saturated rings. The van der Waals surface area contributed by atoms with Crippen LogP contribution in [0.5, 0.6) is 0 Å². The number of fused-ring (bicyclic) bond motifs is 1. The van der Waals surface area contributed by atoms with Crippen molar-refractivity contribution in [1.29, 1.82) is 0 Å². The predicted molar refractivity (Wildman–Crippen MR) is 50.8 cm³/mol. The minimum absolute atomic E-state index is 0.115. The number of aromatic nitrogens is 1. The maximum absolute atomic E-state index is 13.2. The van der Waals surface area contributed by atoms with Crippen LogP contribution in [0.25, 0.3) is 10.9 Å². The molecule has 0 aliphatic carbocycles. The van der Waals surface area contributed by atoms with Crippen LogP contribution in [-0.2, 0) is 0 Å². The second-order valence-corrected chi connectivity index (χ2v) is 3.14. The highest BCUT2D eigenvalue weighted by Gasteiger charge is 2.08. The number of rotatable bonds is 0. The third-order valence-corrected chi connectivity index (χ3v) is 1.99. The fourth-order valence-corrected chi connectivity index (χ4v) is 1.41. The molecule has 14 heavy (non-hydrogen) atoms. The lowest BCUT2D eigenvalue weighted by atomic mass is 10.1. The molecular weight excluding hydrogens is 186 g/mol. The number of aryl methyl sites for hydroxylation is 1. The summed E-state index contributed by atoms with van der Waals surface area (Å²) in [5.41, 5.74) is 6.69. The summed E-state index contributed by atoms with van der Waals surface area (Å²) < 4.78 is 26.1. The van der Waals surface area contributed by atoms with Crippen molar-refractivity contribution < 1.29 is 8.78 Å². The van der Waals surface area contributed by atoms with E-state index in [0.717, 1.165) is 6.07 Å². The maximum atomic E-state index is 13.2. The normalized spacial score (nSPS) is 10.8. The fraction of sp³-hybridized carbons (Fsp3) is 0.100. The van der Waals surface area contributed by atoms with Crippen molar-refractivity contribution in [3.63, 3.8) is 0 Å². The zero-order valence-corrected chi connectivity index (χ0v) is 7.51. The van der Waals surface area contributed by atoms with Crippen molar-refractivity contribution in [2.45, 2.75) is 6.92 Å². The first-order chi connectivity index (χ1) is 6.58. The Morgan fingerprint density at radius 3 is 2.64 bits per heavy atom. The number of nitrogen functional groups attached to an aromatic ring is 1. The lowest BCUT2D eigenvalue weighted by molar-refractivity contribution is 0.590. The Balaban J connectivity index is 2.94. The second-order valence-electron chi connectivity index (χ2n) is 3.14. The lowest BCUT2D eigenvalue weighted by Crippen LogP contribution is -1.95. The summed E-state index contributed by atoms with van der Waals surface area (Å²) in [4.78, 5) is 3.96. The van der Waals surface area contributed by atoms with Gasteiger partial charge in [-0.2, -0.15) is 0 Å². The highest BCUT2D eigenvalue weighted by Crippen LogP contribution is 2.23. The van der Waals surface area contributed by atoms with E-state index >= 15 is 0 Å². The van der Waals surface area contributed by atoms with Gasteiger partial charge in [-0.15, -0.1) is 0 Å². The first-order valence-electron chi connectivity index (χ1n) is 4.10. The number of anilines is 1. The molecule has 4 heteroatoms. The van der Waals surface area contributed by atoms with E-state index in [2.05, 4.69) is 4.98 Å². The van der Waals surface area contributed by atoms with Crippen LogP contribution < -0.4 is 5.73 Å². The number of hydrogen-bond donors (Lipinski definition) is 1. The zero-order valence-electron chi connectivity index (χ0n) is 7.51. The van der Waals surface area contributed by atoms with Gasteiger partial charge < -0.3 is 5.73 Å². The molecule has 0 bridgehead atoms. The van der Waals surface area contributed by atoms with Gasteiger partial charge in [-0.05, 0) is 19.1 Å². The summed E-state index contributed by atoms with van der Waals surface area (Å²) >= 11 is 0. The lowest BCUT2D eigenvalue weighted by Gasteiger charge is -2.04. The van der Waals surface area contributed by atoms with Gasteiger partial charge in [0.1, 0.15) is 11.3 Å². The number of pyridine rings is 1. The Bertz CT molecular complexity index is 462. The summed E-state index contributed by atoms with van der Waals surface area (Å²) in [5.74, 6) is -1.33. The Morgan fingerprint density at radius 2 is 1.93 bits per heavy atom. The third kappa shape index (κ3) is 1.28. The Morgan fingerprint density at radius 1 is 1.21 bits per heavy atom. The predicted octanol–water partition coefficient (Wildman–Crippen LogP) is 2.40. The Kier molecular flexibility index (Phi) is 1.84. The highest BCUT2D eigenvalue weighted by molar-refractivity contribution is 5.90. The topological polar surface area (TPSA) is 38.9 Å². The van der Waals surface area contributed by atoms with Crippen LogP contribution in [0.3, 0.4) is 0 Å². The van der Waals surface area contributed by atoms with Crippen molar-refractivity contribution >= 4 is 16.6 Å². The van der Waals surface area contributed by atoms with Gasteiger partial charge in [0.05, 0.1) is 0 Å². The molecule has 0 aliphatic heterocycles. The van der Waals surface area contributed by atoms with Crippen molar-refractivity contribution in [2.24, 2.45) is 0 Å². The molecule has 0 saturated heterocycles. The third-order valence-electron chi connectivity index (χ3n) is 1.99. The number of benzene rings is 1. The molecule has 0 amide bonds. The fourth-order valence-electron chi connectivity index (χ4n) is 1.41. The van der Waals surface area contributed by atoms with E-state index in [1.807, 2.05) is 0 Å². The average molecular weight is 194 g/mol. The maximum Gasteiger partial charge on any atom is 0.152 e. The van der Waals surface area contributed by atoms with E-state index in [1.54, 1.807) is 13.0 Å². The standard InChI is InChI=1S/C10H8F2N2/c1-5-2-9(13)7-3-6(11)4-8(12)10(7)14-5/h2-4H,1H3,(H2,13,14). The molecule has 0 radical (unpaired) electrons. The summed E-state index contributed by atoms with van der Waals surface area (Å²) in [7, 11) is 0. The van der Waals surface area contributed by atoms with E-state index in [1.165, 1.54) is 6.07 Å². The van der Waals surface area contributed by atoms with Crippen LogP contribution in [0.1, 0.15) is 5.69 Å². The summed E-state index contributed by atoms with van der Waals surface area (Å²) in [6, 6.07) is 3.57. The minimum Gasteiger partial charge on any atom is -0.398 e. The van der Waals surface area contributed by atoms with Crippen LogP contribution in [-0.4, -0.2) is 4.98 Å². The van der Waals surface area contributed by atoms with Crippen LogP contribution in [0.2, 0.25) is 0 Å². The number of halogens is 2. The number of hydrogen-bond acceptors (Lipinski definition) is 2. The largest absolute Gasteiger partial charge is 0.398 e. The Hall–Kier alpha value is -1.71.